The van der Waals surface area contributed by atoms with Gasteiger partial charge < -0.3 is 15.5 Å². The molecule has 1 heterocycles. The van der Waals surface area contributed by atoms with Crippen molar-refractivity contribution in [1.29, 1.82) is 0 Å². The minimum atomic E-state index is -0.582. The lowest BCUT2D eigenvalue weighted by Gasteiger charge is -2.26. The smallest absolute Gasteiger partial charge is 0.311 e. The van der Waals surface area contributed by atoms with Crippen molar-refractivity contribution in [1.82, 2.24) is 15.5 Å². The molecule has 1 fully saturated rings. The maximum absolute atomic E-state index is 11.9. The van der Waals surface area contributed by atoms with Gasteiger partial charge in [-0.25, -0.2) is 0 Å². The zero-order valence-electron chi connectivity index (χ0n) is 10.5. The van der Waals surface area contributed by atoms with Crippen molar-refractivity contribution < 1.29 is 9.59 Å². The first-order chi connectivity index (χ1) is 9.18. The Morgan fingerprint density at radius 1 is 1.26 bits per heavy atom. The van der Waals surface area contributed by atoms with Crippen LogP contribution in [0.25, 0.3) is 0 Å². The molecule has 1 aromatic carbocycles. The van der Waals surface area contributed by atoms with E-state index in [1.807, 2.05) is 18.2 Å². The Bertz CT molecular complexity index is 473. The van der Waals surface area contributed by atoms with Crippen LogP contribution in [0.2, 0.25) is 5.02 Å². The molecule has 0 saturated carbocycles. The molecule has 0 atom stereocenters. The summed E-state index contributed by atoms with van der Waals surface area (Å²) in [6, 6.07) is 7.23. The van der Waals surface area contributed by atoms with Gasteiger partial charge in [0, 0.05) is 37.7 Å². The summed E-state index contributed by atoms with van der Waals surface area (Å²) in [6.07, 6.45) is 0. The Hall–Kier alpha value is -1.59. The number of halogens is 1. The van der Waals surface area contributed by atoms with Gasteiger partial charge in [0.2, 0.25) is 0 Å². The number of benzene rings is 1. The van der Waals surface area contributed by atoms with E-state index in [0.717, 1.165) is 18.7 Å². The topological polar surface area (TPSA) is 61.4 Å². The summed E-state index contributed by atoms with van der Waals surface area (Å²) in [4.78, 5) is 25.2. The second-order valence-corrected chi connectivity index (χ2v) is 4.72. The summed E-state index contributed by atoms with van der Waals surface area (Å²) >= 11 is 5.98. The molecule has 1 aliphatic heterocycles. The third-order valence-electron chi connectivity index (χ3n) is 3.00. The van der Waals surface area contributed by atoms with Crippen LogP contribution in [0.3, 0.4) is 0 Å². The van der Waals surface area contributed by atoms with Crippen molar-refractivity contribution in [2.45, 2.75) is 6.54 Å². The van der Waals surface area contributed by atoms with E-state index in [2.05, 4.69) is 10.6 Å². The Labute approximate surface area is 116 Å². The number of piperazine rings is 1. The maximum Gasteiger partial charge on any atom is 0.311 e. The van der Waals surface area contributed by atoms with Gasteiger partial charge in [0.15, 0.2) is 0 Å². The molecule has 0 aromatic heterocycles. The largest absolute Gasteiger partial charge is 0.344 e. The Morgan fingerprint density at radius 3 is 2.63 bits per heavy atom. The summed E-state index contributed by atoms with van der Waals surface area (Å²) in [5, 5.41) is 6.31. The number of hydrogen-bond donors (Lipinski definition) is 2. The van der Waals surface area contributed by atoms with Gasteiger partial charge in [0.05, 0.1) is 0 Å². The predicted octanol–water partition coefficient (Wildman–Crippen LogP) is 0.388. The molecule has 6 heteroatoms. The molecule has 0 unspecified atom stereocenters. The van der Waals surface area contributed by atoms with E-state index in [1.54, 1.807) is 11.0 Å². The monoisotopic (exact) mass is 281 g/mol. The molecule has 5 nitrogen and oxygen atoms in total. The summed E-state index contributed by atoms with van der Waals surface area (Å²) < 4.78 is 0. The fourth-order valence-electron chi connectivity index (χ4n) is 1.90. The molecule has 1 aliphatic rings. The number of nitrogens with zero attached hydrogens (tertiary/aromatic N) is 1. The molecule has 2 rings (SSSR count). The summed E-state index contributed by atoms with van der Waals surface area (Å²) in [6.45, 7) is 2.85. The van der Waals surface area contributed by atoms with Crippen molar-refractivity contribution >= 4 is 23.4 Å². The molecule has 2 amide bonds. The van der Waals surface area contributed by atoms with Crippen LogP contribution in [0.4, 0.5) is 0 Å². The molecule has 0 radical (unpaired) electrons. The SMILES string of the molecule is O=C(NCc1ccccc1Cl)C(=O)N1CCNCC1. The Kier molecular flexibility index (Phi) is 4.76. The van der Waals surface area contributed by atoms with E-state index in [1.165, 1.54) is 0 Å². The van der Waals surface area contributed by atoms with Crippen LogP contribution in [0.5, 0.6) is 0 Å². The molecule has 19 heavy (non-hydrogen) atoms. The Morgan fingerprint density at radius 2 is 1.95 bits per heavy atom. The van der Waals surface area contributed by atoms with Crippen molar-refractivity contribution in [2.75, 3.05) is 26.2 Å². The number of carbonyl (C=O) groups excluding carboxylic acids is 2. The highest BCUT2D eigenvalue weighted by Gasteiger charge is 2.22. The van der Waals surface area contributed by atoms with Crippen LogP contribution in [0, 0.1) is 0 Å². The third kappa shape index (κ3) is 3.68. The average molecular weight is 282 g/mol. The number of nitrogens with one attached hydrogen (secondary N) is 2. The van der Waals surface area contributed by atoms with Crippen LogP contribution < -0.4 is 10.6 Å². The zero-order chi connectivity index (χ0) is 13.7. The van der Waals surface area contributed by atoms with E-state index in [4.69, 9.17) is 11.6 Å². The molecule has 0 spiro atoms. The highest BCUT2D eigenvalue weighted by molar-refractivity contribution is 6.35. The number of rotatable bonds is 2. The van der Waals surface area contributed by atoms with Gasteiger partial charge in [-0.3, -0.25) is 9.59 Å². The van der Waals surface area contributed by atoms with Crippen LogP contribution in [0.15, 0.2) is 24.3 Å². The van der Waals surface area contributed by atoms with Gasteiger partial charge in [0.25, 0.3) is 0 Å². The highest BCUT2D eigenvalue weighted by Crippen LogP contribution is 2.14. The lowest BCUT2D eigenvalue weighted by Crippen LogP contribution is -2.51. The molecular formula is C13H16ClN3O2. The number of hydrogen-bond acceptors (Lipinski definition) is 3. The molecule has 1 aromatic rings. The minimum Gasteiger partial charge on any atom is -0.344 e. The average Bonchev–Trinajstić information content (AvgIpc) is 2.46. The first-order valence-electron chi connectivity index (χ1n) is 6.19. The van der Waals surface area contributed by atoms with Crippen LogP contribution in [-0.2, 0) is 16.1 Å². The second kappa shape index (κ2) is 6.54. The lowest BCUT2D eigenvalue weighted by atomic mass is 10.2. The minimum absolute atomic E-state index is 0.260. The van der Waals surface area contributed by atoms with Gasteiger partial charge in [0.1, 0.15) is 0 Å². The maximum atomic E-state index is 11.9. The fraction of sp³-hybridized carbons (Fsp3) is 0.385. The molecule has 0 aliphatic carbocycles. The highest BCUT2D eigenvalue weighted by atomic mass is 35.5. The van der Waals surface area contributed by atoms with Crippen LogP contribution in [0.1, 0.15) is 5.56 Å². The van der Waals surface area contributed by atoms with Gasteiger partial charge >= 0.3 is 11.8 Å². The first-order valence-corrected chi connectivity index (χ1v) is 6.57. The fourth-order valence-corrected chi connectivity index (χ4v) is 2.11. The van der Waals surface area contributed by atoms with E-state index < -0.39 is 11.8 Å². The van der Waals surface area contributed by atoms with Crippen LogP contribution in [-0.4, -0.2) is 42.9 Å². The first kappa shape index (κ1) is 13.8. The predicted molar refractivity (Wildman–Crippen MR) is 72.7 cm³/mol. The zero-order valence-corrected chi connectivity index (χ0v) is 11.2. The van der Waals surface area contributed by atoms with E-state index >= 15 is 0 Å². The van der Waals surface area contributed by atoms with Gasteiger partial charge in [-0.15, -0.1) is 0 Å². The summed E-state index contributed by atoms with van der Waals surface area (Å²) in [7, 11) is 0. The molecule has 0 bridgehead atoms. The van der Waals surface area contributed by atoms with Crippen molar-refractivity contribution in [3.63, 3.8) is 0 Å². The normalized spacial score (nSPS) is 15.1. The number of carbonyl (C=O) groups is 2. The Balaban J connectivity index is 1.87. The third-order valence-corrected chi connectivity index (χ3v) is 3.36. The van der Waals surface area contributed by atoms with Gasteiger partial charge in [-0.05, 0) is 11.6 Å². The van der Waals surface area contributed by atoms with Crippen LogP contribution >= 0.6 is 11.6 Å². The molecule has 1 saturated heterocycles. The van der Waals surface area contributed by atoms with E-state index in [0.29, 0.717) is 18.1 Å². The second-order valence-electron chi connectivity index (χ2n) is 4.32. The summed E-state index contributed by atoms with van der Waals surface area (Å²) in [5.74, 6) is -1.06. The van der Waals surface area contributed by atoms with E-state index in [9.17, 15) is 9.59 Å². The molecular weight excluding hydrogens is 266 g/mol. The number of amides is 2. The molecule has 2 N–H and O–H groups in total. The van der Waals surface area contributed by atoms with Crippen molar-refractivity contribution in [3.8, 4) is 0 Å². The molecule has 102 valence electrons. The van der Waals surface area contributed by atoms with Gasteiger partial charge in [-0.1, -0.05) is 29.8 Å². The standard InChI is InChI=1S/C13H16ClN3O2/c14-11-4-2-1-3-10(11)9-16-12(18)13(19)17-7-5-15-6-8-17/h1-4,15H,5-9H2,(H,16,18). The van der Waals surface area contributed by atoms with Gasteiger partial charge in [-0.2, -0.15) is 0 Å². The lowest BCUT2D eigenvalue weighted by molar-refractivity contribution is -0.146. The quantitative estimate of drug-likeness (QED) is 0.771. The van der Waals surface area contributed by atoms with E-state index in [-0.39, 0.29) is 6.54 Å². The van der Waals surface area contributed by atoms with Crippen molar-refractivity contribution in [3.05, 3.63) is 34.9 Å². The summed E-state index contributed by atoms with van der Waals surface area (Å²) in [5.41, 5.74) is 0.797. The van der Waals surface area contributed by atoms with Crippen molar-refractivity contribution in [2.24, 2.45) is 0 Å².